The van der Waals surface area contributed by atoms with E-state index in [1.54, 1.807) is 7.11 Å². The summed E-state index contributed by atoms with van der Waals surface area (Å²) in [6, 6.07) is 9.64. The minimum atomic E-state index is 0.424. The molecule has 0 aliphatic rings. The number of methoxy groups -OCH3 is 1. The van der Waals surface area contributed by atoms with Crippen molar-refractivity contribution in [2.45, 2.75) is 12.8 Å². The first-order chi connectivity index (χ1) is 10.4. The van der Waals surface area contributed by atoms with Gasteiger partial charge in [-0.1, -0.05) is 12.1 Å². The third kappa shape index (κ3) is 9.03. The van der Waals surface area contributed by atoms with E-state index >= 15 is 0 Å². The van der Waals surface area contributed by atoms with Gasteiger partial charge in [-0.05, 0) is 24.1 Å². The van der Waals surface area contributed by atoms with Crippen LogP contribution in [-0.2, 0) is 20.6 Å². The Morgan fingerprint density at radius 1 is 0.905 bits per heavy atom. The van der Waals surface area contributed by atoms with Gasteiger partial charge < -0.3 is 18.9 Å². The van der Waals surface area contributed by atoms with Crippen molar-refractivity contribution >= 4 is 0 Å². The third-order valence-electron chi connectivity index (χ3n) is 2.71. The zero-order valence-electron chi connectivity index (χ0n) is 12.5. The van der Waals surface area contributed by atoms with E-state index in [0.717, 1.165) is 24.3 Å². The molecule has 0 fully saturated rings. The number of nitriles is 1. The number of hydrogen-bond donors (Lipinski definition) is 0. The topological polar surface area (TPSA) is 60.7 Å². The molecule has 0 aliphatic heterocycles. The number of rotatable bonds is 12. The fraction of sp³-hybridized carbons (Fsp3) is 0.562. The molecule has 0 N–H and O–H groups in total. The second kappa shape index (κ2) is 12.2. The summed E-state index contributed by atoms with van der Waals surface area (Å²) in [5.74, 6) is 0.788. The van der Waals surface area contributed by atoms with Gasteiger partial charge in [0, 0.05) is 20.3 Å². The van der Waals surface area contributed by atoms with Crippen LogP contribution in [0, 0.1) is 11.3 Å². The van der Waals surface area contributed by atoms with Crippen LogP contribution in [0.15, 0.2) is 24.3 Å². The summed E-state index contributed by atoms with van der Waals surface area (Å²) in [7, 11) is 1.68. The number of ether oxygens (including phenoxy) is 4. The summed E-state index contributed by atoms with van der Waals surface area (Å²) in [6.45, 7) is 3.61. The van der Waals surface area contributed by atoms with Crippen molar-refractivity contribution < 1.29 is 18.9 Å². The lowest BCUT2D eigenvalue weighted by atomic mass is 10.2. The van der Waals surface area contributed by atoms with Crippen molar-refractivity contribution in [3.05, 3.63) is 29.8 Å². The van der Waals surface area contributed by atoms with E-state index in [0.29, 0.717) is 39.5 Å². The van der Waals surface area contributed by atoms with E-state index in [-0.39, 0.29) is 0 Å². The van der Waals surface area contributed by atoms with Crippen LogP contribution in [0.25, 0.3) is 0 Å². The van der Waals surface area contributed by atoms with Crippen LogP contribution in [-0.4, -0.2) is 46.8 Å². The Balaban J connectivity index is 1.95. The zero-order chi connectivity index (χ0) is 15.2. The van der Waals surface area contributed by atoms with Gasteiger partial charge in [-0.25, -0.2) is 0 Å². The Morgan fingerprint density at radius 3 is 2.24 bits per heavy atom. The average molecular weight is 293 g/mol. The van der Waals surface area contributed by atoms with Gasteiger partial charge in [-0.3, -0.25) is 0 Å². The van der Waals surface area contributed by atoms with Crippen molar-refractivity contribution in [1.29, 1.82) is 5.26 Å². The Hall–Kier alpha value is -1.61. The van der Waals surface area contributed by atoms with E-state index in [4.69, 9.17) is 24.2 Å². The highest BCUT2D eigenvalue weighted by Gasteiger charge is 1.96. The Labute approximate surface area is 126 Å². The van der Waals surface area contributed by atoms with Crippen molar-refractivity contribution in [3.8, 4) is 11.8 Å². The van der Waals surface area contributed by atoms with E-state index < -0.39 is 0 Å². The monoisotopic (exact) mass is 293 g/mol. The molecule has 0 aromatic heterocycles. The summed E-state index contributed by atoms with van der Waals surface area (Å²) in [4.78, 5) is 0. The molecule has 0 bridgehead atoms. The van der Waals surface area contributed by atoms with Gasteiger partial charge in [-0.15, -0.1) is 0 Å². The van der Waals surface area contributed by atoms with Gasteiger partial charge in [0.2, 0.25) is 0 Å². The van der Waals surface area contributed by atoms with Crippen molar-refractivity contribution in [2.24, 2.45) is 0 Å². The summed E-state index contributed by atoms with van der Waals surface area (Å²) in [6.07, 6.45) is 1.33. The van der Waals surface area contributed by atoms with Crippen LogP contribution in [0.1, 0.15) is 12.0 Å². The van der Waals surface area contributed by atoms with E-state index in [2.05, 4.69) is 6.07 Å². The molecule has 0 radical (unpaired) electrons. The Morgan fingerprint density at radius 2 is 1.57 bits per heavy atom. The maximum atomic E-state index is 8.58. The summed E-state index contributed by atoms with van der Waals surface area (Å²) in [5.41, 5.74) is 0.992. The van der Waals surface area contributed by atoms with E-state index in [1.807, 2.05) is 24.3 Å². The molecule has 0 spiro atoms. The molecule has 116 valence electrons. The van der Waals surface area contributed by atoms with Crippen molar-refractivity contribution in [2.75, 3.05) is 46.8 Å². The molecule has 0 saturated heterocycles. The fourth-order valence-corrected chi connectivity index (χ4v) is 1.64. The molecular weight excluding hydrogens is 270 g/mol. The molecule has 0 unspecified atom stereocenters. The van der Waals surface area contributed by atoms with Crippen LogP contribution in [0.4, 0.5) is 0 Å². The molecule has 1 rings (SSSR count). The quantitative estimate of drug-likeness (QED) is 0.553. The minimum Gasteiger partial charge on any atom is -0.491 e. The molecule has 5 heteroatoms. The van der Waals surface area contributed by atoms with Crippen LogP contribution in [0.5, 0.6) is 5.75 Å². The van der Waals surface area contributed by atoms with Crippen LogP contribution in [0.2, 0.25) is 0 Å². The smallest absolute Gasteiger partial charge is 0.119 e. The molecule has 1 aromatic rings. The standard InChI is InChI=1S/C16H23NO4/c1-18-9-2-10-19-11-12-20-13-14-21-16-5-3-15(4-6-16)7-8-17/h3-6H,2,7,9-14H2,1H3. The van der Waals surface area contributed by atoms with Crippen LogP contribution in [0.3, 0.4) is 0 Å². The summed E-state index contributed by atoms with van der Waals surface area (Å²) in [5, 5.41) is 8.58. The SMILES string of the molecule is COCCCOCCOCCOc1ccc(CC#N)cc1. The summed E-state index contributed by atoms with van der Waals surface area (Å²) >= 11 is 0. The normalized spacial score (nSPS) is 10.3. The van der Waals surface area contributed by atoms with Gasteiger partial charge in [0.15, 0.2) is 0 Å². The van der Waals surface area contributed by atoms with Gasteiger partial charge in [0.05, 0.1) is 32.3 Å². The van der Waals surface area contributed by atoms with Gasteiger partial charge >= 0.3 is 0 Å². The fourth-order valence-electron chi connectivity index (χ4n) is 1.64. The molecule has 5 nitrogen and oxygen atoms in total. The molecule has 0 atom stereocenters. The van der Waals surface area contributed by atoms with Crippen LogP contribution >= 0.6 is 0 Å². The lowest BCUT2D eigenvalue weighted by molar-refractivity contribution is 0.0304. The molecule has 0 saturated carbocycles. The minimum absolute atomic E-state index is 0.424. The molecule has 21 heavy (non-hydrogen) atoms. The van der Waals surface area contributed by atoms with Crippen molar-refractivity contribution in [3.63, 3.8) is 0 Å². The predicted molar refractivity (Wildman–Crippen MR) is 79.4 cm³/mol. The molecule has 0 aliphatic carbocycles. The predicted octanol–water partition coefficient (Wildman–Crippen LogP) is 2.20. The number of hydrogen-bond acceptors (Lipinski definition) is 5. The first-order valence-corrected chi connectivity index (χ1v) is 7.10. The Kier molecular flexibility index (Phi) is 10.1. The van der Waals surface area contributed by atoms with E-state index in [1.165, 1.54) is 0 Å². The second-order valence-electron chi connectivity index (χ2n) is 4.40. The Bertz CT molecular complexity index is 400. The largest absolute Gasteiger partial charge is 0.491 e. The first kappa shape index (κ1) is 17.4. The maximum absolute atomic E-state index is 8.58. The third-order valence-corrected chi connectivity index (χ3v) is 2.71. The molecular formula is C16H23NO4. The maximum Gasteiger partial charge on any atom is 0.119 e. The van der Waals surface area contributed by atoms with Gasteiger partial charge in [0.1, 0.15) is 12.4 Å². The highest BCUT2D eigenvalue weighted by atomic mass is 16.5. The average Bonchev–Trinajstić information content (AvgIpc) is 2.51. The zero-order valence-corrected chi connectivity index (χ0v) is 12.5. The highest BCUT2D eigenvalue weighted by molar-refractivity contribution is 5.28. The van der Waals surface area contributed by atoms with Gasteiger partial charge in [-0.2, -0.15) is 5.26 Å². The number of nitrogens with zero attached hydrogens (tertiary/aromatic N) is 1. The van der Waals surface area contributed by atoms with E-state index in [9.17, 15) is 0 Å². The van der Waals surface area contributed by atoms with Crippen LogP contribution < -0.4 is 4.74 Å². The molecule has 1 aromatic carbocycles. The van der Waals surface area contributed by atoms with Gasteiger partial charge in [0.25, 0.3) is 0 Å². The highest BCUT2D eigenvalue weighted by Crippen LogP contribution is 2.12. The van der Waals surface area contributed by atoms with Crippen molar-refractivity contribution in [1.82, 2.24) is 0 Å². The number of benzene rings is 1. The first-order valence-electron chi connectivity index (χ1n) is 7.10. The molecule has 0 amide bonds. The lowest BCUT2D eigenvalue weighted by Crippen LogP contribution is -2.11. The summed E-state index contributed by atoms with van der Waals surface area (Å²) < 4.78 is 21.2. The lowest BCUT2D eigenvalue weighted by Gasteiger charge is -2.08. The second-order valence-corrected chi connectivity index (χ2v) is 4.40. The molecule has 0 heterocycles.